The molecule has 0 spiro atoms. The second-order valence-corrected chi connectivity index (χ2v) is 6.83. The molecule has 0 unspecified atom stereocenters. The fraction of sp³-hybridized carbons (Fsp3) is 0.364. The second kappa shape index (κ2) is 10.3. The van der Waals surface area contributed by atoms with Gasteiger partial charge in [0.15, 0.2) is 6.10 Å². The molecule has 0 aliphatic heterocycles. The van der Waals surface area contributed by atoms with E-state index in [-0.39, 0.29) is 11.8 Å². The van der Waals surface area contributed by atoms with Gasteiger partial charge in [-0.3, -0.25) is 9.59 Å². The van der Waals surface area contributed by atoms with Gasteiger partial charge in [0.1, 0.15) is 11.5 Å². The molecule has 2 aromatic rings. The molecule has 0 saturated heterocycles. The third-order valence-electron chi connectivity index (χ3n) is 4.10. The number of hydrogen-bond donors (Lipinski definition) is 2. The van der Waals surface area contributed by atoms with Crippen LogP contribution in [0.4, 0.5) is 5.69 Å². The summed E-state index contributed by atoms with van der Waals surface area (Å²) in [6.45, 7) is 6.49. The lowest BCUT2D eigenvalue weighted by Crippen LogP contribution is -2.34. The highest BCUT2D eigenvalue weighted by molar-refractivity contribution is 6.04. The normalized spacial score (nSPS) is 11.6. The van der Waals surface area contributed by atoms with Gasteiger partial charge < -0.3 is 20.1 Å². The minimum absolute atomic E-state index is 0.214. The number of hydrogen-bond acceptors (Lipinski definition) is 4. The first kappa shape index (κ1) is 21.3. The summed E-state index contributed by atoms with van der Waals surface area (Å²) in [5.41, 5.74) is 0.890. The summed E-state index contributed by atoms with van der Waals surface area (Å²) >= 11 is 0. The van der Waals surface area contributed by atoms with E-state index >= 15 is 0 Å². The zero-order valence-corrected chi connectivity index (χ0v) is 16.8. The number of para-hydroxylation sites is 1. The zero-order chi connectivity index (χ0) is 20.5. The Morgan fingerprint density at radius 3 is 2.25 bits per heavy atom. The first-order valence-corrected chi connectivity index (χ1v) is 9.43. The Kier molecular flexibility index (Phi) is 7.87. The molecule has 0 saturated carbocycles. The minimum Gasteiger partial charge on any atom is -0.497 e. The summed E-state index contributed by atoms with van der Waals surface area (Å²) in [7, 11) is 1.59. The van der Waals surface area contributed by atoms with Crippen molar-refractivity contribution in [3.8, 4) is 11.5 Å². The van der Waals surface area contributed by atoms with Crippen molar-refractivity contribution in [1.29, 1.82) is 0 Å². The van der Waals surface area contributed by atoms with Crippen LogP contribution in [-0.2, 0) is 4.79 Å². The van der Waals surface area contributed by atoms with Gasteiger partial charge in [-0.05, 0) is 48.7 Å². The molecule has 2 amide bonds. The topological polar surface area (TPSA) is 76.7 Å². The molecule has 2 aromatic carbocycles. The number of amides is 2. The van der Waals surface area contributed by atoms with Gasteiger partial charge in [-0.25, -0.2) is 0 Å². The SMILES string of the molecule is CC[C@@H](Oc1ccc(OC)cc1)C(=O)Nc1ccccc1C(=O)NCC(C)C. The van der Waals surface area contributed by atoms with E-state index in [1.54, 1.807) is 55.6 Å². The molecular formula is C22H28N2O4. The number of carbonyl (C=O) groups is 2. The van der Waals surface area contributed by atoms with Crippen LogP contribution in [0.25, 0.3) is 0 Å². The Morgan fingerprint density at radius 2 is 1.64 bits per heavy atom. The van der Waals surface area contributed by atoms with Crippen LogP contribution in [-0.4, -0.2) is 31.6 Å². The summed E-state index contributed by atoms with van der Waals surface area (Å²) < 4.78 is 10.9. The van der Waals surface area contributed by atoms with Crippen molar-refractivity contribution >= 4 is 17.5 Å². The predicted octanol–water partition coefficient (Wildman–Crippen LogP) is 3.88. The molecular weight excluding hydrogens is 356 g/mol. The van der Waals surface area contributed by atoms with E-state index in [9.17, 15) is 9.59 Å². The van der Waals surface area contributed by atoms with Gasteiger partial charge in [0.25, 0.3) is 11.8 Å². The van der Waals surface area contributed by atoms with Crippen molar-refractivity contribution in [3.63, 3.8) is 0 Å². The summed E-state index contributed by atoms with van der Waals surface area (Å²) in [6.07, 6.45) is -0.195. The van der Waals surface area contributed by atoms with Gasteiger partial charge in [0, 0.05) is 6.54 Å². The lowest BCUT2D eigenvalue weighted by molar-refractivity contribution is -0.122. The van der Waals surface area contributed by atoms with Gasteiger partial charge in [-0.1, -0.05) is 32.9 Å². The highest BCUT2D eigenvalue weighted by Gasteiger charge is 2.21. The number of anilines is 1. The number of ether oxygens (including phenoxy) is 2. The second-order valence-electron chi connectivity index (χ2n) is 6.83. The molecule has 0 fully saturated rings. The molecule has 28 heavy (non-hydrogen) atoms. The molecule has 0 aromatic heterocycles. The van der Waals surface area contributed by atoms with E-state index in [2.05, 4.69) is 10.6 Å². The zero-order valence-electron chi connectivity index (χ0n) is 16.8. The van der Waals surface area contributed by atoms with Gasteiger partial charge >= 0.3 is 0 Å². The molecule has 1 atom stereocenters. The largest absolute Gasteiger partial charge is 0.497 e. The van der Waals surface area contributed by atoms with Gasteiger partial charge in [0.2, 0.25) is 0 Å². The Labute approximate surface area is 166 Å². The average Bonchev–Trinajstić information content (AvgIpc) is 2.70. The monoisotopic (exact) mass is 384 g/mol. The van der Waals surface area contributed by atoms with Crippen molar-refractivity contribution in [3.05, 3.63) is 54.1 Å². The molecule has 0 aliphatic rings. The van der Waals surface area contributed by atoms with E-state index in [1.165, 1.54) is 0 Å². The smallest absolute Gasteiger partial charge is 0.265 e. The molecule has 2 N–H and O–H groups in total. The van der Waals surface area contributed by atoms with Crippen molar-refractivity contribution in [2.24, 2.45) is 5.92 Å². The molecule has 2 rings (SSSR count). The molecule has 150 valence electrons. The van der Waals surface area contributed by atoms with Crippen LogP contribution in [0, 0.1) is 5.92 Å². The van der Waals surface area contributed by atoms with Crippen molar-refractivity contribution in [2.45, 2.75) is 33.3 Å². The summed E-state index contributed by atoms with van der Waals surface area (Å²) in [6, 6.07) is 14.0. The average molecular weight is 384 g/mol. The van der Waals surface area contributed by atoms with Crippen LogP contribution in [0.5, 0.6) is 11.5 Å². The Bertz CT molecular complexity index is 787. The van der Waals surface area contributed by atoms with E-state index in [0.29, 0.717) is 41.6 Å². The molecule has 0 bridgehead atoms. The standard InChI is InChI=1S/C22H28N2O4/c1-5-20(28-17-12-10-16(27-4)11-13-17)22(26)24-19-9-7-6-8-18(19)21(25)23-14-15(2)3/h6-13,15,20H,5,14H2,1-4H3,(H,23,25)(H,24,26)/t20-/m1/s1. The quantitative estimate of drug-likeness (QED) is 0.688. The summed E-state index contributed by atoms with van der Waals surface area (Å²) in [4.78, 5) is 25.2. The number of rotatable bonds is 9. The minimum atomic E-state index is -0.680. The maximum atomic E-state index is 12.7. The van der Waals surface area contributed by atoms with E-state index in [0.717, 1.165) is 0 Å². The van der Waals surface area contributed by atoms with Gasteiger partial charge in [-0.2, -0.15) is 0 Å². The molecule has 6 nitrogen and oxygen atoms in total. The summed E-state index contributed by atoms with van der Waals surface area (Å²) in [5, 5.41) is 5.70. The van der Waals surface area contributed by atoms with Gasteiger partial charge in [0.05, 0.1) is 18.4 Å². The fourth-order valence-electron chi connectivity index (χ4n) is 2.54. The van der Waals surface area contributed by atoms with Crippen LogP contribution in [0.1, 0.15) is 37.6 Å². The molecule has 0 heterocycles. The third-order valence-corrected chi connectivity index (χ3v) is 4.10. The highest BCUT2D eigenvalue weighted by Crippen LogP contribution is 2.20. The lowest BCUT2D eigenvalue weighted by atomic mass is 10.1. The maximum Gasteiger partial charge on any atom is 0.265 e. The fourth-order valence-corrected chi connectivity index (χ4v) is 2.54. The number of benzene rings is 2. The third kappa shape index (κ3) is 6.01. The van der Waals surface area contributed by atoms with Crippen LogP contribution in [0.15, 0.2) is 48.5 Å². The first-order chi connectivity index (χ1) is 13.4. The van der Waals surface area contributed by atoms with Crippen LogP contribution in [0.3, 0.4) is 0 Å². The maximum absolute atomic E-state index is 12.7. The van der Waals surface area contributed by atoms with Crippen molar-refractivity contribution < 1.29 is 19.1 Å². The Balaban J connectivity index is 2.08. The Hall–Kier alpha value is -3.02. The molecule has 0 radical (unpaired) electrons. The summed E-state index contributed by atoms with van der Waals surface area (Å²) in [5.74, 6) is 1.11. The number of carbonyl (C=O) groups excluding carboxylic acids is 2. The highest BCUT2D eigenvalue weighted by atomic mass is 16.5. The number of nitrogens with one attached hydrogen (secondary N) is 2. The lowest BCUT2D eigenvalue weighted by Gasteiger charge is -2.19. The predicted molar refractivity (Wildman–Crippen MR) is 110 cm³/mol. The van der Waals surface area contributed by atoms with Crippen LogP contribution >= 0.6 is 0 Å². The van der Waals surface area contributed by atoms with E-state index < -0.39 is 6.10 Å². The number of methoxy groups -OCH3 is 1. The van der Waals surface area contributed by atoms with Crippen molar-refractivity contribution in [2.75, 3.05) is 19.0 Å². The van der Waals surface area contributed by atoms with E-state index in [4.69, 9.17) is 9.47 Å². The van der Waals surface area contributed by atoms with Crippen LogP contribution < -0.4 is 20.1 Å². The Morgan fingerprint density at radius 1 is 1.00 bits per heavy atom. The van der Waals surface area contributed by atoms with Crippen molar-refractivity contribution in [1.82, 2.24) is 5.32 Å². The van der Waals surface area contributed by atoms with Crippen LogP contribution in [0.2, 0.25) is 0 Å². The van der Waals surface area contributed by atoms with Gasteiger partial charge in [-0.15, -0.1) is 0 Å². The molecule has 6 heteroatoms. The molecule has 0 aliphatic carbocycles. The first-order valence-electron chi connectivity index (χ1n) is 9.43. The van der Waals surface area contributed by atoms with E-state index in [1.807, 2.05) is 20.8 Å².